The van der Waals surface area contributed by atoms with E-state index < -0.39 is 11.6 Å². The molecule has 3 fully saturated rings. The summed E-state index contributed by atoms with van der Waals surface area (Å²) < 4.78 is 5.01. The van der Waals surface area contributed by atoms with E-state index in [2.05, 4.69) is 17.1 Å². The number of rotatable bonds is 10. The summed E-state index contributed by atoms with van der Waals surface area (Å²) in [6.07, 6.45) is 5.52. The van der Waals surface area contributed by atoms with E-state index in [-0.39, 0.29) is 49.8 Å². The Morgan fingerprint density at radius 3 is 2.58 bits per heavy atom. The first-order valence-corrected chi connectivity index (χ1v) is 11.7. The third-order valence-electron chi connectivity index (χ3n) is 6.83. The van der Waals surface area contributed by atoms with E-state index in [0.29, 0.717) is 26.0 Å². The topological polar surface area (TPSA) is 99.3 Å². The molecule has 2 aliphatic heterocycles. The molecule has 9 nitrogen and oxygen atoms in total. The second-order valence-electron chi connectivity index (χ2n) is 8.75. The van der Waals surface area contributed by atoms with Gasteiger partial charge in [-0.15, -0.1) is 0 Å². The quantitative estimate of drug-likeness (QED) is 0.412. The maximum Gasteiger partial charge on any atom is 0.325 e. The molecule has 1 unspecified atom stereocenters. The highest BCUT2D eigenvalue weighted by molar-refractivity contribution is 6.07. The first-order chi connectivity index (χ1) is 14.9. The summed E-state index contributed by atoms with van der Waals surface area (Å²) in [7, 11) is 0. The van der Waals surface area contributed by atoms with Crippen molar-refractivity contribution >= 4 is 23.8 Å². The van der Waals surface area contributed by atoms with Crippen LogP contribution in [0.4, 0.5) is 4.79 Å². The Morgan fingerprint density at radius 2 is 1.90 bits per heavy atom. The lowest BCUT2D eigenvalue weighted by Gasteiger charge is -2.30. The van der Waals surface area contributed by atoms with Crippen molar-refractivity contribution in [1.82, 2.24) is 20.0 Å². The molecular formula is C22H36N4O5. The van der Waals surface area contributed by atoms with Crippen LogP contribution in [0.5, 0.6) is 0 Å². The molecule has 2 heterocycles. The van der Waals surface area contributed by atoms with Crippen LogP contribution in [0.1, 0.15) is 65.2 Å². The lowest BCUT2D eigenvalue weighted by atomic mass is 9.98. The van der Waals surface area contributed by atoms with E-state index in [1.54, 1.807) is 11.8 Å². The van der Waals surface area contributed by atoms with Gasteiger partial charge in [0.1, 0.15) is 5.54 Å². The third kappa shape index (κ3) is 5.37. The molecule has 3 aliphatic rings. The number of amides is 4. The maximum absolute atomic E-state index is 13.1. The van der Waals surface area contributed by atoms with Gasteiger partial charge < -0.3 is 15.0 Å². The fourth-order valence-electron chi connectivity index (χ4n) is 5.11. The zero-order valence-corrected chi connectivity index (χ0v) is 18.9. The fourth-order valence-corrected chi connectivity index (χ4v) is 5.11. The molecule has 1 aliphatic carbocycles. The molecule has 0 radical (unpaired) electrons. The molecule has 174 valence electrons. The molecule has 1 spiro atoms. The first-order valence-electron chi connectivity index (χ1n) is 11.7. The Bertz CT molecular complexity index is 691. The van der Waals surface area contributed by atoms with E-state index in [1.165, 1.54) is 4.90 Å². The van der Waals surface area contributed by atoms with Crippen LogP contribution in [0.3, 0.4) is 0 Å². The Morgan fingerprint density at radius 1 is 1.16 bits per heavy atom. The fraction of sp³-hybridized carbons (Fsp3) is 0.818. The zero-order chi connectivity index (χ0) is 22.4. The maximum atomic E-state index is 13.1. The van der Waals surface area contributed by atoms with Gasteiger partial charge in [-0.3, -0.25) is 24.2 Å². The number of esters is 1. The van der Waals surface area contributed by atoms with Gasteiger partial charge in [0.15, 0.2) is 0 Å². The van der Waals surface area contributed by atoms with Gasteiger partial charge in [-0.1, -0.05) is 19.8 Å². The Labute approximate surface area is 184 Å². The monoisotopic (exact) mass is 436 g/mol. The summed E-state index contributed by atoms with van der Waals surface area (Å²) in [6.45, 7) is 7.04. The number of ether oxygens (including phenoxy) is 1. The van der Waals surface area contributed by atoms with Crippen molar-refractivity contribution in [3.05, 3.63) is 0 Å². The minimum absolute atomic E-state index is 0.0664. The number of carbonyl (C=O) groups excluding carboxylic acids is 4. The van der Waals surface area contributed by atoms with Crippen LogP contribution in [0, 0.1) is 0 Å². The number of urea groups is 1. The smallest absolute Gasteiger partial charge is 0.325 e. The number of carbonyl (C=O) groups is 4. The number of likely N-dealkylation sites (N-methyl/N-ethyl adjacent to an activating group) is 1. The van der Waals surface area contributed by atoms with Crippen molar-refractivity contribution in [2.75, 3.05) is 39.3 Å². The van der Waals surface area contributed by atoms with Crippen molar-refractivity contribution in [3.8, 4) is 0 Å². The van der Waals surface area contributed by atoms with Gasteiger partial charge in [-0.25, -0.2) is 4.79 Å². The number of imide groups is 1. The van der Waals surface area contributed by atoms with Gasteiger partial charge in [0.05, 0.1) is 13.0 Å². The van der Waals surface area contributed by atoms with Crippen molar-refractivity contribution in [2.45, 2.75) is 76.8 Å². The van der Waals surface area contributed by atoms with E-state index in [1.807, 2.05) is 0 Å². The van der Waals surface area contributed by atoms with E-state index in [9.17, 15) is 19.2 Å². The summed E-state index contributed by atoms with van der Waals surface area (Å²) in [4.78, 5) is 55.4. The molecule has 0 aromatic carbocycles. The number of hydrogen-bond acceptors (Lipinski definition) is 6. The normalized spacial score (nSPS) is 22.9. The molecule has 9 heteroatoms. The van der Waals surface area contributed by atoms with E-state index >= 15 is 0 Å². The van der Waals surface area contributed by atoms with Crippen LogP contribution in [-0.2, 0) is 19.1 Å². The van der Waals surface area contributed by atoms with Crippen molar-refractivity contribution in [2.24, 2.45) is 0 Å². The average Bonchev–Trinajstić information content (AvgIpc) is 3.45. The Kier molecular flexibility index (Phi) is 7.91. The van der Waals surface area contributed by atoms with Crippen molar-refractivity contribution < 1.29 is 23.9 Å². The van der Waals surface area contributed by atoms with Gasteiger partial charge in [0, 0.05) is 32.1 Å². The minimum Gasteiger partial charge on any atom is -0.466 e. The molecule has 0 bridgehead atoms. The van der Waals surface area contributed by atoms with E-state index in [0.717, 1.165) is 38.8 Å². The average molecular weight is 437 g/mol. The van der Waals surface area contributed by atoms with Crippen molar-refractivity contribution in [1.29, 1.82) is 0 Å². The van der Waals surface area contributed by atoms with Crippen LogP contribution in [0.15, 0.2) is 0 Å². The van der Waals surface area contributed by atoms with Crippen LogP contribution >= 0.6 is 0 Å². The molecule has 1 N–H and O–H groups in total. The predicted molar refractivity (Wildman–Crippen MR) is 114 cm³/mol. The third-order valence-corrected chi connectivity index (χ3v) is 6.83. The molecule has 1 saturated carbocycles. The Hall–Kier alpha value is -2.16. The number of hydrogen-bond donors (Lipinski definition) is 1. The molecule has 31 heavy (non-hydrogen) atoms. The highest BCUT2D eigenvalue weighted by Crippen LogP contribution is 2.35. The summed E-state index contributed by atoms with van der Waals surface area (Å²) in [6, 6.07) is -0.125. The highest BCUT2D eigenvalue weighted by atomic mass is 16.5. The van der Waals surface area contributed by atoms with Gasteiger partial charge in [0.2, 0.25) is 5.91 Å². The van der Waals surface area contributed by atoms with Gasteiger partial charge in [-0.2, -0.15) is 0 Å². The van der Waals surface area contributed by atoms with Gasteiger partial charge >= 0.3 is 12.0 Å². The van der Waals surface area contributed by atoms with Crippen molar-refractivity contribution in [3.63, 3.8) is 0 Å². The molecule has 0 aromatic heterocycles. The van der Waals surface area contributed by atoms with Gasteiger partial charge in [0.25, 0.3) is 5.91 Å². The lowest BCUT2D eigenvalue weighted by molar-refractivity contribution is -0.144. The standard InChI is InChI=1S/C22H36N4O5/c1-3-24-13-7-8-17(24)16-25(14-10-19(28)31-4-2)18(27)9-15-26-20(29)22(23-21(26)30)11-5-6-12-22/h17H,3-16H2,1-2H3,(H,23,30). The SMILES string of the molecule is CCOC(=O)CCN(CC1CCCN1CC)C(=O)CCN1C(=O)NC2(CCCC2)C1=O. The van der Waals surface area contributed by atoms with Crippen LogP contribution in [0.2, 0.25) is 0 Å². The lowest BCUT2D eigenvalue weighted by Crippen LogP contribution is -2.45. The van der Waals surface area contributed by atoms with Gasteiger partial charge in [-0.05, 0) is 45.7 Å². The largest absolute Gasteiger partial charge is 0.466 e. The molecule has 3 rings (SSSR count). The summed E-state index contributed by atoms with van der Waals surface area (Å²) >= 11 is 0. The second kappa shape index (κ2) is 10.4. The van der Waals surface area contributed by atoms with Crippen LogP contribution in [0.25, 0.3) is 0 Å². The minimum atomic E-state index is -0.755. The van der Waals surface area contributed by atoms with E-state index in [4.69, 9.17) is 4.74 Å². The molecule has 2 saturated heterocycles. The summed E-state index contributed by atoms with van der Waals surface area (Å²) in [5, 5.41) is 2.85. The number of nitrogens with zero attached hydrogens (tertiary/aromatic N) is 3. The number of likely N-dealkylation sites (tertiary alicyclic amines) is 1. The molecule has 0 aromatic rings. The zero-order valence-electron chi connectivity index (χ0n) is 18.9. The van der Waals surface area contributed by atoms with Crippen LogP contribution in [-0.4, -0.2) is 89.4 Å². The Balaban J connectivity index is 1.59. The predicted octanol–water partition coefficient (Wildman–Crippen LogP) is 1.51. The molecule has 4 amide bonds. The highest BCUT2D eigenvalue weighted by Gasteiger charge is 2.52. The number of nitrogens with one attached hydrogen (secondary N) is 1. The molecule has 1 atom stereocenters. The first kappa shape index (κ1) is 23.5. The second-order valence-corrected chi connectivity index (χ2v) is 8.75. The summed E-state index contributed by atoms with van der Waals surface area (Å²) in [5.74, 6) is -0.662. The summed E-state index contributed by atoms with van der Waals surface area (Å²) in [5.41, 5.74) is -0.755. The van der Waals surface area contributed by atoms with Crippen LogP contribution < -0.4 is 5.32 Å². The molecular weight excluding hydrogens is 400 g/mol.